The lowest BCUT2D eigenvalue weighted by molar-refractivity contribution is 0.669. The second kappa shape index (κ2) is 11.2. The molecule has 0 atom stereocenters. The Morgan fingerprint density at radius 2 is 1.16 bits per heavy atom. The van der Waals surface area contributed by atoms with E-state index >= 15 is 0 Å². The molecule has 0 aliphatic carbocycles. The van der Waals surface area contributed by atoms with E-state index in [1.54, 1.807) is 0 Å². The highest BCUT2D eigenvalue weighted by molar-refractivity contribution is 7.26. The van der Waals surface area contributed by atoms with Crippen LogP contribution in [0.25, 0.3) is 75.1 Å². The number of hydrogen-bond acceptors (Lipinski definition) is 3. The fraction of sp³-hybridized carbons (Fsp3) is 0. The molecular formula is C46H29NOS. The Morgan fingerprint density at radius 1 is 0.429 bits per heavy atom. The van der Waals surface area contributed by atoms with Crippen LogP contribution in [0.3, 0.4) is 0 Å². The van der Waals surface area contributed by atoms with E-state index in [0.717, 1.165) is 44.6 Å². The quantitative estimate of drug-likeness (QED) is 0.186. The minimum atomic E-state index is 0.871. The number of rotatable bonds is 5. The third-order valence-electron chi connectivity index (χ3n) is 9.64. The Morgan fingerprint density at radius 3 is 2.02 bits per heavy atom. The molecule has 10 rings (SSSR count). The first-order valence-corrected chi connectivity index (χ1v) is 17.4. The van der Waals surface area contributed by atoms with Crippen LogP contribution in [-0.4, -0.2) is 0 Å². The maximum atomic E-state index is 6.64. The van der Waals surface area contributed by atoms with E-state index in [1.165, 1.54) is 47.6 Å². The Hall–Kier alpha value is -6.16. The lowest BCUT2D eigenvalue weighted by atomic mass is 9.99. The van der Waals surface area contributed by atoms with Gasteiger partial charge >= 0.3 is 0 Å². The minimum Gasteiger partial charge on any atom is -0.456 e. The lowest BCUT2D eigenvalue weighted by Crippen LogP contribution is -2.11. The predicted octanol–water partition coefficient (Wildman–Crippen LogP) is 13.9. The Kier molecular flexibility index (Phi) is 6.39. The van der Waals surface area contributed by atoms with Crippen LogP contribution in [0.4, 0.5) is 17.1 Å². The van der Waals surface area contributed by atoms with E-state index in [-0.39, 0.29) is 0 Å². The first kappa shape index (κ1) is 27.9. The second-order valence-corrected chi connectivity index (χ2v) is 13.5. The van der Waals surface area contributed by atoms with Crippen molar-refractivity contribution in [1.82, 2.24) is 0 Å². The Bertz CT molecular complexity index is 2830. The molecule has 2 nitrogen and oxygen atoms in total. The van der Waals surface area contributed by atoms with Crippen molar-refractivity contribution in [2.45, 2.75) is 0 Å². The predicted molar refractivity (Wildman–Crippen MR) is 210 cm³/mol. The van der Waals surface area contributed by atoms with Gasteiger partial charge in [0, 0.05) is 31.2 Å². The van der Waals surface area contributed by atoms with E-state index in [2.05, 4.69) is 181 Å². The Balaban J connectivity index is 1.29. The lowest BCUT2D eigenvalue weighted by Gasteiger charge is -2.28. The van der Waals surface area contributed by atoms with E-state index in [4.69, 9.17) is 4.42 Å². The first-order valence-electron chi connectivity index (χ1n) is 16.6. The molecule has 0 amide bonds. The van der Waals surface area contributed by atoms with Crippen LogP contribution in [0, 0.1) is 0 Å². The molecule has 0 spiro atoms. The summed E-state index contributed by atoms with van der Waals surface area (Å²) in [5.41, 5.74) is 9.87. The van der Waals surface area contributed by atoms with Crippen molar-refractivity contribution in [3.05, 3.63) is 176 Å². The zero-order valence-electron chi connectivity index (χ0n) is 26.5. The summed E-state index contributed by atoms with van der Waals surface area (Å²) >= 11 is 1.87. The van der Waals surface area contributed by atoms with Crippen LogP contribution in [0.5, 0.6) is 0 Å². The molecule has 49 heavy (non-hydrogen) atoms. The molecule has 0 aliphatic heterocycles. The van der Waals surface area contributed by atoms with Crippen molar-refractivity contribution in [2.24, 2.45) is 0 Å². The highest BCUT2D eigenvalue weighted by Crippen LogP contribution is 2.50. The number of benzene rings is 8. The summed E-state index contributed by atoms with van der Waals surface area (Å²) in [6.07, 6.45) is 0. The van der Waals surface area contributed by atoms with Gasteiger partial charge in [-0.2, -0.15) is 0 Å². The molecule has 3 heteroatoms. The standard InChI is InChI=1S/C46H29NOS/c1-3-12-30(13-4-1)34-23-25-37-42(29-34)48-41-20-11-19-39(44(37)41)47(35-24-22-31-14-7-8-17-33(31)28-35)40-27-26-36(32-15-5-2-6-16-32)46-45(40)38-18-9-10-21-43(38)49-46/h1-29H. The molecule has 10 aromatic rings. The summed E-state index contributed by atoms with van der Waals surface area (Å²) in [6, 6.07) is 63.1. The van der Waals surface area contributed by atoms with Crippen LogP contribution in [-0.2, 0) is 0 Å². The fourth-order valence-electron chi connectivity index (χ4n) is 7.37. The molecule has 0 unspecified atom stereocenters. The molecule has 0 fully saturated rings. The fourth-order valence-corrected chi connectivity index (χ4v) is 8.63. The molecule has 0 N–H and O–H groups in total. The Labute approximate surface area is 287 Å². The number of hydrogen-bond donors (Lipinski definition) is 0. The van der Waals surface area contributed by atoms with Gasteiger partial charge in [-0.3, -0.25) is 0 Å². The van der Waals surface area contributed by atoms with Crippen molar-refractivity contribution < 1.29 is 4.42 Å². The van der Waals surface area contributed by atoms with Gasteiger partial charge in [-0.25, -0.2) is 0 Å². The summed E-state index contributed by atoms with van der Waals surface area (Å²) in [5, 5.41) is 7.14. The van der Waals surface area contributed by atoms with E-state index in [0.29, 0.717) is 0 Å². The molecule has 2 heterocycles. The largest absolute Gasteiger partial charge is 0.456 e. The van der Waals surface area contributed by atoms with Crippen molar-refractivity contribution >= 4 is 81.3 Å². The van der Waals surface area contributed by atoms with Crippen LogP contribution >= 0.6 is 11.3 Å². The number of furan rings is 1. The van der Waals surface area contributed by atoms with Gasteiger partial charge in [-0.1, -0.05) is 127 Å². The van der Waals surface area contributed by atoms with Gasteiger partial charge < -0.3 is 9.32 Å². The minimum absolute atomic E-state index is 0.871. The second-order valence-electron chi connectivity index (χ2n) is 12.5. The van der Waals surface area contributed by atoms with Crippen molar-refractivity contribution in [2.75, 3.05) is 4.90 Å². The van der Waals surface area contributed by atoms with Gasteiger partial charge in [0.15, 0.2) is 0 Å². The van der Waals surface area contributed by atoms with Gasteiger partial charge in [-0.15, -0.1) is 11.3 Å². The van der Waals surface area contributed by atoms with E-state index in [1.807, 2.05) is 11.3 Å². The molecule has 2 aromatic heterocycles. The molecule has 0 saturated heterocycles. The highest BCUT2D eigenvalue weighted by Gasteiger charge is 2.24. The third-order valence-corrected chi connectivity index (χ3v) is 10.8. The van der Waals surface area contributed by atoms with Crippen LogP contribution in [0.1, 0.15) is 0 Å². The van der Waals surface area contributed by atoms with Gasteiger partial charge in [-0.05, 0) is 81.6 Å². The van der Waals surface area contributed by atoms with Crippen molar-refractivity contribution in [1.29, 1.82) is 0 Å². The van der Waals surface area contributed by atoms with E-state index < -0.39 is 0 Å². The molecule has 0 saturated carbocycles. The number of thiophene rings is 1. The smallest absolute Gasteiger partial charge is 0.137 e. The topological polar surface area (TPSA) is 16.4 Å². The molecule has 0 radical (unpaired) electrons. The molecule has 0 aliphatic rings. The molecule has 0 bridgehead atoms. The zero-order chi connectivity index (χ0) is 32.3. The van der Waals surface area contributed by atoms with Crippen LogP contribution in [0.2, 0.25) is 0 Å². The maximum Gasteiger partial charge on any atom is 0.137 e. The third kappa shape index (κ3) is 4.55. The van der Waals surface area contributed by atoms with Gasteiger partial charge in [0.05, 0.1) is 16.8 Å². The SMILES string of the molecule is c1ccc(-c2ccc3c(c2)oc2cccc(N(c4ccc5ccccc5c4)c4ccc(-c5ccccc5)c5sc6ccccc6c45)c23)cc1. The van der Waals surface area contributed by atoms with Gasteiger partial charge in [0.25, 0.3) is 0 Å². The normalized spacial score (nSPS) is 11.7. The first-order chi connectivity index (χ1) is 24.3. The summed E-state index contributed by atoms with van der Waals surface area (Å²) in [7, 11) is 0. The number of nitrogens with zero attached hydrogens (tertiary/aromatic N) is 1. The average molecular weight is 644 g/mol. The van der Waals surface area contributed by atoms with Crippen LogP contribution in [0.15, 0.2) is 180 Å². The average Bonchev–Trinajstić information content (AvgIpc) is 3.75. The summed E-state index contributed by atoms with van der Waals surface area (Å²) in [6.45, 7) is 0. The van der Waals surface area contributed by atoms with Gasteiger partial charge in [0.2, 0.25) is 0 Å². The molecular weight excluding hydrogens is 615 g/mol. The van der Waals surface area contributed by atoms with Crippen molar-refractivity contribution in [3.8, 4) is 22.3 Å². The number of fused-ring (bicyclic) bond motifs is 7. The summed E-state index contributed by atoms with van der Waals surface area (Å²) in [5.74, 6) is 0. The molecule has 230 valence electrons. The summed E-state index contributed by atoms with van der Waals surface area (Å²) < 4.78 is 9.21. The maximum absolute atomic E-state index is 6.64. The van der Waals surface area contributed by atoms with Gasteiger partial charge in [0.1, 0.15) is 11.2 Å². The number of anilines is 3. The molecule has 8 aromatic carbocycles. The van der Waals surface area contributed by atoms with E-state index in [9.17, 15) is 0 Å². The monoisotopic (exact) mass is 643 g/mol. The summed E-state index contributed by atoms with van der Waals surface area (Å²) in [4.78, 5) is 2.45. The highest BCUT2D eigenvalue weighted by atomic mass is 32.1. The zero-order valence-corrected chi connectivity index (χ0v) is 27.3. The van der Waals surface area contributed by atoms with Crippen molar-refractivity contribution in [3.63, 3.8) is 0 Å². The van der Waals surface area contributed by atoms with Crippen LogP contribution < -0.4 is 4.90 Å².